The molecule has 6 nitrogen and oxygen atoms in total. The molecule has 0 bridgehead atoms. The molecule has 0 aliphatic rings. The van der Waals surface area contributed by atoms with Crippen LogP contribution in [0.3, 0.4) is 0 Å². The van der Waals surface area contributed by atoms with E-state index in [0.29, 0.717) is 29.0 Å². The molecule has 0 saturated carbocycles. The fourth-order valence-electron chi connectivity index (χ4n) is 3.01. The molecule has 0 aliphatic carbocycles. The van der Waals surface area contributed by atoms with E-state index in [4.69, 9.17) is 0 Å². The van der Waals surface area contributed by atoms with Gasteiger partial charge in [0, 0.05) is 29.0 Å². The van der Waals surface area contributed by atoms with Crippen molar-refractivity contribution in [3.05, 3.63) is 88.7 Å². The summed E-state index contributed by atoms with van der Waals surface area (Å²) >= 11 is 0. The first kappa shape index (κ1) is 22.7. The second-order valence-electron chi connectivity index (χ2n) is 7.35. The van der Waals surface area contributed by atoms with Crippen LogP contribution in [0.25, 0.3) is 0 Å². The fourth-order valence-corrected chi connectivity index (χ4v) is 3.01. The highest BCUT2D eigenvalue weighted by Gasteiger charge is 2.15. The Hall–Kier alpha value is -4.00. The number of hydrogen-bond donors (Lipinski definition) is 3. The molecule has 0 atom stereocenters. The summed E-state index contributed by atoms with van der Waals surface area (Å²) in [4.78, 5) is 37.0. The third-order valence-electron chi connectivity index (χ3n) is 4.96. The van der Waals surface area contributed by atoms with E-state index in [1.165, 1.54) is 18.2 Å². The number of carbonyl (C=O) groups is 3. The second-order valence-corrected chi connectivity index (χ2v) is 7.35. The number of aryl methyl sites for hydroxylation is 2. The average molecular weight is 433 g/mol. The van der Waals surface area contributed by atoms with Gasteiger partial charge < -0.3 is 16.0 Å². The Morgan fingerprint density at radius 2 is 1.41 bits per heavy atom. The van der Waals surface area contributed by atoms with E-state index < -0.39 is 11.7 Å². The molecular weight excluding hydrogens is 409 g/mol. The van der Waals surface area contributed by atoms with Crippen molar-refractivity contribution in [2.75, 3.05) is 16.0 Å². The molecule has 0 heterocycles. The molecule has 3 N–H and O–H groups in total. The Bertz CT molecular complexity index is 1190. The van der Waals surface area contributed by atoms with Gasteiger partial charge in [-0.25, -0.2) is 4.39 Å². The molecule has 3 rings (SSSR count). The van der Waals surface area contributed by atoms with Crippen LogP contribution >= 0.6 is 0 Å². The van der Waals surface area contributed by atoms with Gasteiger partial charge in [-0.05, 0) is 61.4 Å². The molecule has 3 aromatic rings. The predicted molar refractivity (Wildman–Crippen MR) is 124 cm³/mol. The molecule has 0 aliphatic heterocycles. The predicted octanol–water partition coefficient (Wildman–Crippen LogP) is 5.30. The van der Waals surface area contributed by atoms with Gasteiger partial charge in [-0.15, -0.1) is 0 Å². The van der Waals surface area contributed by atoms with Gasteiger partial charge in [0.25, 0.3) is 11.8 Å². The minimum atomic E-state index is -0.623. The van der Waals surface area contributed by atoms with Gasteiger partial charge in [0.2, 0.25) is 5.91 Å². The number of nitrogens with one attached hydrogen (secondary N) is 3. The van der Waals surface area contributed by atoms with Crippen molar-refractivity contribution in [2.45, 2.75) is 27.2 Å². The highest BCUT2D eigenvalue weighted by molar-refractivity contribution is 6.08. The third kappa shape index (κ3) is 5.37. The van der Waals surface area contributed by atoms with Crippen molar-refractivity contribution in [2.24, 2.45) is 0 Å². The maximum Gasteiger partial charge on any atom is 0.258 e. The molecule has 0 radical (unpaired) electrons. The average Bonchev–Trinajstić information content (AvgIpc) is 2.77. The first-order chi connectivity index (χ1) is 15.3. The Morgan fingerprint density at radius 3 is 2.09 bits per heavy atom. The number of rotatable bonds is 6. The number of hydrogen-bond acceptors (Lipinski definition) is 3. The molecule has 7 heteroatoms. The molecular formula is C25H24FN3O3. The van der Waals surface area contributed by atoms with Gasteiger partial charge in [0.1, 0.15) is 5.82 Å². The van der Waals surface area contributed by atoms with Crippen molar-refractivity contribution in [3.63, 3.8) is 0 Å². The Balaban J connectivity index is 1.80. The first-order valence-corrected chi connectivity index (χ1v) is 10.2. The van der Waals surface area contributed by atoms with Gasteiger partial charge in [0.05, 0.1) is 5.56 Å². The maximum atomic E-state index is 13.9. The molecule has 0 unspecified atom stereocenters. The Kier molecular flexibility index (Phi) is 7.00. The van der Waals surface area contributed by atoms with E-state index in [9.17, 15) is 18.8 Å². The number of anilines is 3. The molecule has 164 valence electrons. The normalized spacial score (nSPS) is 10.4. The molecule has 32 heavy (non-hydrogen) atoms. The molecule has 0 saturated heterocycles. The summed E-state index contributed by atoms with van der Waals surface area (Å²) in [5.41, 5.74) is 3.34. The van der Waals surface area contributed by atoms with Crippen molar-refractivity contribution in [1.82, 2.24) is 0 Å². The summed E-state index contributed by atoms with van der Waals surface area (Å²) in [6.07, 6.45) is 0.348. The summed E-state index contributed by atoms with van der Waals surface area (Å²) in [7, 11) is 0. The molecule has 3 aromatic carbocycles. The summed E-state index contributed by atoms with van der Waals surface area (Å²) in [5.74, 6) is -1.73. The largest absolute Gasteiger partial charge is 0.326 e. The van der Waals surface area contributed by atoms with E-state index in [1.54, 1.807) is 56.3 Å². The fraction of sp³-hybridized carbons (Fsp3) is 0.160. The minimum absolute atomic E-state index is 0.0803. The molecule has 0 aromatic heterocycles. The minimum Gasteiger partial charge on any atom is -0.326 e. The SMILES string of the molecule is CCC(=O)Nc1ccc(C)c(NC(=O)c2ccc(C)c(NC(=O)c3ccccc3F)c2)c1. The van der Waals surface area contributed by atoms with E-state index >= 15 is 0 Å². The van der Waals surface area contributed by atoms with Crippen LogP contribution in [-0.4, -0.2) is 17.7 Å². The van der Waals surface area contributed by atoms with Gasteiger partial charge in [-0.3, -0.25) is 14.4 Å². The zero-order chi connectivity index (χ0) is 23.3. The summed E-state index contributed by atoms with van der Waals surface area (Å²) in [6, 6.07) is 15.8. The van der Waals surface area contributed by atoms with Crippen molar-refractivity contribution in [1.29, 1.82) is 0 Å². The quantitative estimate of drug-likeness (QED) is 0.493. The monoisotopic (exact) mass is 433 g/mol. The highest BCUT2D eigenvalue weighted by Crippen LogP contribution is 2.23. The lowest BCUT2D eigenvalue weighted by molar-refractivity contribution is -0.115. The van der Waals surface area contributed by atoms with E-state index in [-0.39, 0.29) is 17.4 Å². The lowest BCUT2D eigenvalue weighted by atomic mass is 10.1. The summed E-state index contributed by atoms with van der Waals surface area (Å²) < 4.78 is 13.9. The zero-order valence-corrected chi connectivity index (χ0v) is 18.1. The molecule has 0 fully saturated rings. The number of carbonyl (C=O) groups excluding carboxylic acids is 3. The van der Waals surface area contributed by atoms with Crippen LogP contribution in [0.15, 0.2) is 60.7 Å². The van der Waals surface area contributed by atoms with Crippen LogP contribution in [0, 0.1) is 19.7 Å². The van der Waals surface area contributed by atoms with E-state index in [2.05, 4.69) is 16.0 Å². The summed E-state index contributed by atoms with van der Waals surface area (Å²) in [5, 5.41) is 8.27. The molecule has 0 spiro atoms. The van der Waals surface area contributed by atoms with Crippen LogP contribution in [0.1, 0.15) is 45.2 Å². The van der Waals surface area contributed by atoms with Crippen molar-refractivity contribution < 1.29 is 18.8 Å². The standard InChI is InChI=1S/C25H24FN3O3/c1-4-23(30)27-18-12-10-16(3)22(14-18)28-24(31)17-11-9-15(2)21(13-17)29-25(32)19-7-5-6-8-20(19)26/h5-14H,4H2,1-3H3,(H,27,30)(H,28,31)(H,29,32). The smallest absolute Gasteiger partial charge is 0.258 e. The third-order valence-corrected chi connectivity index (χ3v) is 4.96. The molecule has 3 amide bonds. The summed E-state index contributed by atoms with van der Waals surface area (Å²) in [6.45, 7) is 5.38. The van der Waals surface area contributed by atoms with Gasteiger partial charge >= 0.3 is 0 Å². The van der Waals surface area contributed by atoms with Crippen LogP contribution in [0.5, 0.6) is 0 Å². The number of halogens is 1. The van der Waals surface area contributed by atoms with Crippen LogP contribution in [0.2, 0.25) is 0 Å². The van der Waals surface area contributed by atoms with E-state index in [0.717, 1.165) is 11.1 Å². The number of amides is 3. The van der Waals surface area contributed by atoms with Gasteiger partial charge in [0.15, 0.2) is 0 Å². The van der Waals surface area contributed by atoms with Crippen LogP contribution < -0.4 is 16.0 Å². The zero-order valence-electron chi connectivity index (χ0n) is 18.1. The lowest BCUT2D eigenvalue weighted by Gasteiger charge is -2.13. The van der Waals surface area contributed by atoms with Gasteiger partial charge in [-0.2, -0.15) is 0 Å². The number of benzene rings is 3. The Morgan fingerprint density at radius 1 is 0.781 bits per heavy atom. The first-order valence-electron chi connectivity index (χ1n) is 10.2. The van der Waals surface area contributed by atoms with Gasteiger partial charge in [-0.1, -0.05) is 31.2 Å². The van der Waals surface area contributed by atoms with Crippen molar-refractivity contribution >= 4 is 34.8 Å². The van der Waals surface area contributed by atoms with Crippen LogP contribution in [-0.2, 0) is 4.79 Å². The highest BCUT2D eigenvalue weighted by atomic mass is 19.1. The lowest BCUT2D eigenvalue weighted by Crippen LogP contribution is -2.17. The second kappa shape index (κ2) is 9.87. The maximum absolute atomic E-state index is 13.9. The Labute approximate surface area is 185 Å². The van der Waals surface area contributed by atoms with Crippen LogP contribution in [0.4, 0.5) is 21.5 Å². The topological polar surface area (TPSA) is 87.3 Å². The van der Waals surface area contributed by atoms with E-state index in [1.807, 2.05) is 6.92 Å². The van der Waals surface area contributed by atoms with Crippen molar-refractivity contribution in [3.8, 4) is 0 Å².